The lowest BCUT2D eigenvalue weighted by Crippen LogP contribution is -2.28. The highest BCUT2D eigenvalue weighted by Crippen LogP contribution is 2.31. The molecule has 6 N–H and O–H groups in total. The van der Waals surface area contributed by atoms with Gasteiger partial charge in [0.1, 0.15) is 11.6 Å². The fraction of sp³-hybridized carbons (Fsp3) is 0.0526. The predicted octanol–water partition coefficient (Wildman–Crippen LogP) is 0.404. The van der Waals surface area contributed by atoms with Crippen molar-refractivity contribution < 1.29 is 19.8 Å². The van der Waals surface area contributed by atoms with Gasteiger partial charge in [0.05, 0.1) is 28.7 Å². The summed E-state index contributed by atoms with van der Waals surface area (Å²) in [6, 6.07) is 5.12. The standard InChI is InChI=1S/C19H13N11O6/c1-7-12(13(21)30(28-7)17-23-18(35)25-19(36)24-17)26-27-14-10(5-20)6-22-29(14)11-3-8(15(31)32)2-9(4-11)16(33)34/h2-4,6H,21H2,1H3,(H,31,32)(H,33,34)(H2,23,24,25,35,36). The minimum Gasteiger partial charge on any atom is -0.478 e. The number of carboxylic acids is 2. The van der Waals surface area contributed by atoms with E-state index >= 15 is 0 Å². The highest BCUT2D eigenvalue weighted by Gasteiger charge is 2.19. The summed E-state index contributed by atoms with van der Waals surface area (Å²) >= 11 is 0. The number of carboxylic acid groups (broad SMARTS) is 2. The molecule has 36 heavy (non-hydrogen) atoms. The van der Waals surface area contributed by atoms with Gasteiger partial charge < -0.3 is 15.9 Å². The average molecular weight is 491 g/mol. The van der Waals surface area contributed by atoms with Crippen LogP contribution in [0.15, 0.2) is 44.2 Å². The summed E-state index contributed by atoms with van der Waals surface area (Å²) in [5, 5.41) is 44.3. The SMILES string of the molecule is Cc1nn(-c2nc(=O)[nH]c(=O)[nH]2)c(N)c1N=Nc1c(C#N)cnn1-c1cc(C(=O)O)cc(C(=O)O)c1. The van der Waals surface area contributed by atoms with Gasteiger partial charge in [0.15, 0.2) is 17.3 Å². The number of H-pyrrole nitrogens is 2. The second kappa shape index (κ2) is 8.79. The van der Waals surface area contributed by atoms with E-state index in [1.54, 1.807) is 0 Å². The number of anilines is 1. The molecule has 3 heterocycles. The van der Waals surface area contributed by atoms with Gasteiger partial charge in [0, 0.05) is 0 Å². The zero-order chi connectivity index (χ0) is 26.1. The first-order chi connectivity index (χ1) is 17.1. The molecule has 0 saturated heterocycles. The van der Waals surface area contributed by atoms with Crippen LogP contribution in [0.4, 0.5) is 17.3 Å². The first-order valence-electron chi connectivity index (χ1n) is 9.67. The minimum atomic E-state index is -1.38. The Hall–Kier alpha value is -5.92. The van der Waals surface area contributed by atoms with Gasteiger partial charge in [-0.3, -0.25) is 9.97 Å². The lowest BCUT2D eigenvalue weighted by molar-refractivity contribution is 0.0696. The summed E-state index contributed by atoms with van der Waals surface area (Å²) < 4.78 is 1.99. The monoisotopic (exact) mass is 491 g/mol. The molecule has 0 aliphatic rings. The van der Waals surface area contributed by atoms with Crippen LogP contribution in [0.5, 0.6) is 0 Å². The molecule has 17 nitrogen and oxygen atoms in total. The first-order valence-corrected chi connectivity index (χ1v) is 9.67. The summed E-state index contributed by atoms with van der Waals surface area (Å²) in [6.45, 7) is 1.50. The number of aryl methyl sites for hydroxylation is 1. The van der Waals surface area contributed by atoms with Crippen LogP contribution in [0.25, 0.3) is 11.6 Å². The lowest BCUT2D eigenvalue weighted by atomic mass is 10.1. The average Bonchev–Trinajstić information content (AvgIpc) is 3.36. The van der Waals surface area contributed by atoms with Crippen molar-refractivity contribution in [2.24, 2.45) is 10.2 Å². The number of hydrogen-bond acceptors (Lipinski definition) is 11. The zero-order valence-electron chi connectivity index (χ0n) is 18.0. The molecule has 0 aliphatic heterocycles. The Morgan fingerprint density at radius 2 is 1.75 bits per heavy atom. The van der Waals surface area contributed by atoms with Crippen molar-refractivity contribution in [1.29, 1.82) is 5.26 Å². The van der Waals surface area contributed by atoms with Crippen LogP contribution in [-0.2, 0) is 0 Å². The number of nitriles is 1. The number of nitrogens with two attached hydrogens (primary N) is 1. The molecule has 0 atom stereocenters. The Labute approximate surface area is 197 Å². The fourth-order valence-electron chi connectivity index (χ4n) is 3.09. The van der Waals surface area contributed by atoms with E-state index in [1.807, 2.05) is 11.1 Å². The number of benzene rings is 1. The van der Waals surface area contributed by atoms with Crippen molar-refractivity contribution in [3.8, 4) is 17.7 Å². The molecule has 180 valence electrons. The van der Waals surface area contributed by atoms with Crippen molar-refractivity contribution in [3.63, 3.8) is 0 Å². The van der Waals surface area contributed by atoms with Gasteiger partial charge >= 0.3 is 23.3 Å². The number of rotatable bonds is 6. The van der Waals surface area contributed by atoms with Crippen LogP contribution >= 0.6 is 0 Å². The van der Waals surface area contributed by atoms with Crippen LogP contribution in [0, 0.1) is 18.3 Å². The van der Waals surface area contributed by atoms with Crippen LogP contribution in [0.3, 0.4) is 0 Å². The first kappa shape index (κ1) is 23.2. The normalized spacial score (nSPS) is 11.0. The summed E-state index contributed by atoms with van der Waals surface area (Å²) in [6.07, 6.45) is 1.13. The third-order valence-corrected chi connectivity index (χ3v) is 4.68. The smallest absolute Gasteiger partial charge is 0.352 e. The van der Waals surface area contributed by atoms with Crippen LogP contribution in [-0.4, -0.2) is 56.7 Å². The van der Waals surface area contributed by atoms with Gasteiger partial charge in [0.2, 0.25) is 5.95 Å². The molecular weight excluding hydrogens is 478 g/mol. The Balaban J connectivity index is 1.83. The van der Waals surface area contributed by atoms with Crippen molar-refractivity contribution >= 4 is 29.3 Å². The number of aromatic amines is 2. The molecule has 3 aromatic heterocycles. The largest absolute Gasteiger partial charge is 0.478 e. The molecule has 1 aromatic carbocycles. The van der Waals surface area contributed by atoms with E-state index in [1.165, 1.54) is 6.92 Å². The van der Waals surface area contributed by atoms with Crippen molar-refractivity contribution in [2.45, 2.75) is 6.92 Å². The van der Waals surface area contributed by atoms with Crippen LogP contribution in [0.1, 0.15) is 32.0 Å². The van der Waals surface area contributed by atoms with Gasteiger partial charge in [-0.1, -0.05) is 0 Å². The molecule has 4 aromatic rings. The van der Waals surface area contributed by atoms with Crippen LogP contribution < -0.4 is 17.1 Å². The maximum Gasteiger partial charge on any atom is 0.352 e. The fourth-order valence-corrected chi connectivity index (χ4v) is 3.09. The number of aromatic nitrogens is 7. The summed E-state index contributed by atoms with van der Waals surface area (Å²) in [4.78, 5) is 53.8. The Bertz CT molecular complexity index is 1670. The van der Waals surface area contributed by atoms with E-state index in [0.29, 0.717) is 0 Å². The number of nitrogen functional groups attached to an aromatic ring is 1. The van der Waals surface area contributed by atoms with Crippen LogP contribution in [0.2, 0.25) is 0 Å². The topological polar surface area (TPSA) is 263 Å². The molecule has 0 bridgehead atoms. The molecule has 0 unspecified atom stereocenters. The lowest BCUT2D eigenvalue weighted by Gasteiger charge is -2.07. The minimum absolute atomic E-state index is 0.0000760. The molecule has 0 saturated carbocycles. The third-order valence-electron chi connectivity index (χ3n) is 4.68. The third kappa shape index (κ3) is 4.19. The number of nitrogens with zero attached hydrogens (tertiary/aromatic N) is 8. The molecule has 4 rings (SSSR count). The van der Waals surface area contributed by atoms with Gasteiger partial charge in [-0.05, 0) is 25.1 Å². The van der Waals surface area contributed by atoms with E-state index in [9.17, 15) is 34.7 Å². The quantitative estimate of drug-likeness (QED) is 0.230. The Morgan fingerprint density at radius 3 is 2.33 bits per heavy atom. The summed E-state index contributed by atoms with van der Waals surface area (Å²) in [5.41, 5.74) is 3.76. The van der Waals surface area contributed by atoms with Gasteiger partial charge in [0.25, 0.3) is 0 Å². The van der Waals surface area contributed by atoms with Crippen molar-refractivity contribution in [1.82, 2.24) is 34.5 Å². The van der Waals surface area contributed by atoms with Crippen molar-refractivity contribution in [2.75, 3.05) is 5.73 Å². The van der Waals surface area contributed by atoms with E-state index in [4.69, 9.17) is 5.73 Å². The second-order valence-corrected chi connectivity index (χ2v) is 7.04. The molecule has 0 spiro atoms. The maximum absolute atomic E-state index is 11.6. The zero-order valence-corrected chi connectivity index (χ0v) is 18.0. The molecule has 0 fully saturated rings. The Kier molecular flexibility index (Phi) is 5.67. The van der Waals surface area contributed by atoms with Crippen molar-refractivity contribution in [3.05, 3.63) is 67.7 Å². The van der Waals surface area contributed by atoms with Gasteiger partial charge in [-0.25, -0.2) is 23.9 Å². The summed E-state index contributed by atoms with van der Waals surface area (Å²) in [7, 11) is 0. The maximum atomic E-state index is 11.6. The highest BCUT2D eigenvalue weighted by molar-refractivity contribution is 5.94. The number of azo groups is 1. The number of aromatic carboxylic acids is 2. The molecular formula is C19H13N11O6. The molecule has 0 amide bonds. The molecule has 0 aliphatic carbocycles. The van der Waals surface area contributed by atoms with E-state index in [-0.39, 0.29) is 51.3 Å². The Morgan fingerprint density at radius 1 is 1.08 bits per heavy atom. The van der Waals surface area contributed by atoms with Gasteiger partial charge in [-0.2, -0.15) is 25.1 Å². The van der Waals surface area contributed by atoms with E-state index < -0.39 is 23.3 Å². The number of hydrogen-bond donors (Lipinski definition) is 5. The van der Waals surface area contributed by atoms with E-state index in [2.05, 4.69) is 30.4 Å². The highest BCUT2D eigenvalue weighted by atomic mass is 16.4. The molecule has 17 heteroatoms. The molecule has 0 radical (unpaired) electrons. The summed E-state index contributed by atoms with van der Waals surface area (Å²) in [5.74, 6) is -3.35. The number of nitrogens with one attached hydrogen (secondary N) is 2. The predicted molar refractivity (Wildman–Crippen MR) is 118 cm³/mol. The second-order valence-electron chi connectivity index (χ2n) is 7.04. The van der Waals surface area contributed by atoms with Gasteiger partial charge in [-0.15, -0.1) is 10.2 Å². The van der Waals surface area contributed by atoms with E-state index in [0.717, 1.165) is 33.8 Å². The number of carbonyl (C=O) groups is 2.